The molecule has 0 radical (unpaired) electrons. The molecule has 1 aromatic rings. The Bertz CT molecular complexity index is 840. The van der Waals surface area contributed by atoms with E-state index < -0.39 is 17.4 Å². The SMILES string of the molecule is NC(=O)[C@@H]1C[C@@]2(CN1C(=O)[C@H]1NC[C@@H]3CCC[C@@H]31)C(=O)Nc1ccccc12. The third-order valence-corrected chi connectivity index (χ3v) is 7.11. The summed E-state index contributed by atoms with van der Waals surface area (Å²) in [5.74, 6) is 0.0920. The zero-order chi connectivity index (χ0) is 18.8. The first-order valence-electron chi connectivity index (χ1n) is 9.75. The van der Waals surface area contributed by atoms with Crippen molar-refractivity contribution in [2.24, 2.45) is 17.6 Å². The minimum Gasteiger partial charge on any atom is -0.368 e. The highest BCUT2D eigenvalue weighted by molar-refractivity contribution is 6.08. The molecule has 3 amide bonds. The van der Waals surface area contributed by atoms with Gasteiger partial charge in [0.05, 0.1) is 11.5 Å². The number of carbonyl (C=O) groups is 3. The molecule has 3 aliphatic heterocycles. The van der Waals surface area contributed by atoms with Crippen molar-refractivity contribution in [1.82, 2.24) is 10.2 Å². The molecule has 3 heterocycles. The van der Waals surface area contributed by atoms with Crippen LogP contribution in [0, 0.1) is 11.8 Å². The van der Waals surface area contributed by atoms with Crippen molar-refractivity contribution in [2.45, 2.75) is 43.2 Å². The van der Waals surface area contributed by atoms with Crippen LogP contribution < -0.4 is 16.4 Å². The largest absolute Gasteiger partial charge is 0.368 e. The van der Waals surface area contributed by atoms with Gasteiger partial charge in [0.1, 0.15) is 6.04 Å². The van der Waals surface area contributed by atoms with Gasteiger partial charge in [0.15, 0.2) is 0 Å². The van der Waals surface area contributed by atoms with Crippen molar-refractivity contribution in [3.8, 4) is 0 Å². The minimum absolute atomic E-state index is 0.0812. The Kier molecular flexibility index (Phi) is 3.59. The van der Waals surface area contributed by atoms with Gasteiger partial charge in [-0.05, 0) is 49.3 Å². The number of rotatable bonds is 2. The summed E-state index contributed by atoms with van der Waals surface area (Å²) in [6.07, 6.45) is 3.59. The fourth-order valence-electron chi connectivity index (χ4n) is 5.76. The zero-order valence-electron chi connectivity index (χ0n) is 15.1. The lowest BCUT2D eigenvalue weighted by Crippen LogP contribution is -2.52. The van der Waals surface area contributed by atoms with Crippen LogP contribution in [-0.2, 0) is 19.8 Å². The van der Waals surface area contributed by atoms with E-state index in [4.69, 9.17) is 5.73 Å². The number of nitrogens with zero attached hydrogens (tertiary/aromatic N) is 1. The van der Waals surface area contributed by atoms with Crippen LogP contribution in [0.2, 0.25) is 0 Å². The molecule has 0 unspecified atom stereocenters. The van der Waals surface area contributed by atoms with Crippen molar-refractivity contribution >= 4 is 23.4 Å². The highest BCUT2D eigenvalue weighted by Crippen LogP contribution is 2.47. The number of nitrogens with one attached hydrogen (secondary N) is 2. The van der Waals surface area contributed by atoms with Crippen molar-refractivity contribution in [2.75, 3.05) is 18.4 Å². The van der Waals surface area contributed by atoms with Gasteiger partial charge in [0, 0.05) is 12.2 Å². The molecule has 4 aliphatic rings. The van der Waals surface area contributed by atoms with E-state index >= 15 is 0 Å². The van der Waals surface area contributed by atoms with Crippen LogP contribution in [0.4, 0.5) is 5.69 Å². The van der Waals surface area contributed by atoms with Crippen molar-refractivity contribution < 1.29 is 14.4 Å². The molecule has 27 heavy (non-hydrogen) atoms. The summed E-state index contributed by atoms with van der Waals surface area (Å²) < 4.78 is 0. The second-order valence-corrected chi connectivity index (χ2v) is 8.41. The lowest BCUT2D eigenvalue weighted by atomic mass is 9.79. The second kappa shape index (κ2) is 5.79. The number of anilines is 1. The van der Waals surface area contributed by atoms with Crippen LogP contribution in [0.1, 0.15) is 31.2 Å². The van der Waals surface area contributed by atoms with Gasteiger partial charge in [-0.15, -0.1) is 0 Å². The molecule has 5 rings (SSSR count). The highest BCUT2D eigenvalue weighted by Gasteiger charge is 2.58. The summed E-state index contributed by atoms with van der Waals surface area (Å²) in [6.45, 7) is 1.06. The van der Waals surface area contributed by atoms with Crippen molar-refractivity contribution in [3.63, 3.8) is 0 Å². The fourth-order valence-corrected chi connectivity index (χ4v) is 5.76. The van der Waals surface area contributed by atoms with E-state index in [0.717, 1.165) is 37.1 Å². The fraction of sp³-hybridized carbons (Fsp3) is 0.550. The maximum Gasteiger partial charge on any atom is 0.240 e. The number of likely N-dealkylation sites (tertiary alicyclic amines) is 1. The van der Waals surface area contributed by atoms with Gasteiger partial charge in [-0.25, -0.2) is 0 Å². The molecule has 1 aliphatic carbocycles. The van der Waals surface area contributed by atoms with Crippen molar-refractivity contribution in [3.05, 3.63) is 29.8 Å². The monoisotopic (exact) mass is 368 g/mol. The summed E-state index contributed by atoms with van der Waals surface area (Å²) in [5, 5.41) is 6.27. The minimum atomic E-state index is -0.889. The molecule has 1 spiro atoms. The highest BCUT2D eigenvalue weighted by atomic mass is 16.2. The van der Waals surface area contributed by atoms with E-state index in [0.29, 0.717) is 11.8 Å². The summed E-state index contributed by atoms with van der Waals surface area (Å²) >= 11 is 0. The third kappa shape index (κ3) is 2.27. The normalized spacial score (nSPS) is 36.7. The Hall–Kier alpha value is -2.41. The number of para-hydroxylation sites is 1. The predicted octanol–water partition coefficient (Wildman–Crippen LogP) is 0.351. The average Bonchev–Trinajstić information content (AvgIpc) is 3.39. The van der Waals surface area contributed by atoms with Crippen LogP contribution >= 0.6 is 0 Å². The lowest BCUT2D eigenvalue weighted by Gasteiger charge is -2.28. The number of amides is 3. The van der Waals surface area contributed by atoms with Gasteiger partial charge < -0.3 is 21.3 Å². The van der Waals surface area contributed by atoms with E-state index in [1.54, 1.807) is 4.90 Å². The van der Waals surface area contributed by atoms with Crippen molar-refractivity contribution in [1.29, 1.82) is 0 Å². The maximum absolute atomic E-state index is 13.4. The molecule has 5 atom stereocenters. The topological polar surface area (TPSA) is 105 Å². The number of hydrogen-bond acceptors (Lipinski definition) is 4. The maximum atomic E-state index is 13.4. The number of primary amides is 1. The lowest BCUT2D eigenvalue weighted by molar-refractivity contribution is -0.139. The summed E-state index contributed by atoms with van der Waals surface area (Å²) in [4.78, 5) is 40.0. The van der Waals surface area contributed by atoms with Gasteiger partial charge in [-0.1, -0.05) is 24.6 Å². The van der Waals surface area contributed by atoms with Gasteiger partial charge in [-0.2, -0.15) is 0 Å². The molecule has 4 N–H and O–H groups in total. The molecule has 1 saturated carbocycles. The van der Waals surface area contributed by atoms with Crippen LogP contribution in [0.5, 0.6) is 0 Å². The van der Waals surface area contributed by atoms with Crippen LogP contribution in [0.3, 0.4) is 0 Å². The average molecular weight is 368 g/mol. The summed E-state index contributed by atoms with van der Waals surface area (Å²) in [7, 11) is 0. The molecule has 1 aromatic carbocycles. The van der Waals surface area contributed by atoms with E-state index in [1.165, 1.54) is 0 Å². The number of hydrogen-bond donors (Lipinski definition) is 3. The number of carbonyl (C=O) groups excluding carboxylic acids is 3. The standard InChI is InChI=1S/C20H24N4O3/c21-17(25)15-8-20(13-6-1-2-7-14(13)23-19(20)27)10-24(15)18(26)16-12-5-3-4-11(12)9-22-16/h1-2,6-7,11-12,15-16,22H,3-5,8-10H2,(H2,21,25)(H,23,27)/t11-,12-,15-,16-,20-/m0/s1. The van der Waals surface area contributed by atoms with Gasteiger partial charge >= 0.3 is 0 Å². The first-order valence-corrected chi connectivity index (χ1v) is 9.75. The molecule has 2 saturated heterocycles. The zero-order valence-corrected chi connectivity index (χ0v) is 15.1. The molecule has 142 valence electrons. The molecule has 3 fully saturated rings. The Morgan fingerprint density at radius 1 is 1.22 bits per heavy atom. The molecular weight excluding hydrogens is 344 g/mol. The molecule has 0 aromatic heterocycles. The van der Waals surface area contributed by atoms with E-state index in [2.05, 4.69) is 10.6 Å². The quantitative estimate of drug-likeness (QED) is 0.701. The predicted molar refractivity (Wildman–Crippen MR) is 98.7 cm³/mol. The van der Waals surface area contributed by atoms with Crippen LogP contribution in [-0.4, -0.2) is 47.8 Å². The Morgan fingerprint density at radius 3 is 2.85 bits per heavy atom. The first kappa shape index (κ1) is 16.7. The van der Waals surface area contributed by atoms with E-state index in [1.807, 2.05) is 24.3 Å². The molecule has 7 nitrogen and oxygen atoms in total. The van der Waals surface area contributed by atoms with Gasteiger partial charge in [0.2, 0.25) is 17.7 Å². The first-order chi connectivity index (χ1) is 13.0. The number of benzene rings is 1. The molecule has 7 heteroatoms. The summed E-state index contributed by atoms with van der Waals surface area (Å²) in [6, 6.07) is 6.48. The Morgan fingerprint density at radius 2 is 2.04 bits per heavy atom. The Labute approximate surface area is 157 Å². The third-order valence-electron chi connectivity index (χ3n) is 7.11. The molecule has 0 bridgehead atoms. The number of nitrogens with two attached hydrogens (primary N) is 1. The van der Waals surface area contributed by atoms with Crippen LogP contribution in [0.15, 0.2) is 24.3 Å². The number of fused-ring (bicyclic) bond motifs is 3. The second-order valence-electron chi connectivity index (χ2n) is 8.41. The van der Waals surface area contributed by atoms with Gasteiger partial charge in [-0.3, -0.25) is 14.4 Å². The Balaban J connectivity index is 1.49. The van der Waals surface area contributed by atoms with E-state index in [-0.39, 0.29) is 30.8 Å². The van der Waals surface area contributed by atoms with Crippen LogP contribution in [0.25, 0.3) is 0 Å². The molecular formula is C20H24N4O3. The van der Waals surface area contributed by atoms with Gasteiger partial charge in [0.25, 0.3) is 0 Å². The summed E-state index contributed by atoms with van der Waals surface area (Å²) in [5.41, 5.74) is 6.39. The van der Waals surface area contributed by atoms with E-state index in [9.17, 15) is 14.4 Å². The smallest absolute Gasteiger partial charge is 0.240 e.